The van der Waals surface area contributed by atoms with Crippen molar-refractivity contribution in [2.75, 3.05) is 17.8 Å². The molecule has 2 aromatic heterocycles. The van der Waals surface area contributed by atoms with E-state index in [1.807, 2.05) is 0 Å². The number of carboxylic acid groups (broad SMARTS) is 1. The Labute approximate surface area is 345 Å². The number of carboxylic acids is 1. The lowest BCUT2D eigenvalue weighted by Crippen LogP contribution is -2.53. The molecule has 2 atom stereocenters. The minimum Gasteiger partial charge on any atom is -0.478 e. The third-order valence-electron chi connectivity index (χ3n) is 8.27. The van der Waals surface area contributed by atoms with E-state index in [2.05, 4.69) is 35.9 Å². The summed E-state index contributed by atoms with van der Waals surface area (Å²) in [6.07, 6.45) is 6.13. The standard InChI is InChI=1S/C39H44FN7O11S2/c1-21(2)12-31(35(51)45-29(10-11-32(48)58-39(3,4)5)34(50)46-30-16-27(40)8-9-28(30)36(52)53)47-33(49)24-14-22(25-17-41-37(42-18-25)59(6,54)55)13-23(15-24)26-19-43-38(44-20-26)60(7,56)57/h8-9,13-21,29,31H,10-12H2,1-7H3,(H,45,51)(H,46,50)(H,47,49)(H,52,53)/t29-,31+/m0/s1. The van der Waals surface area contributed by atoms with Gasteiger partial charge in [0.2, 0.25) is 41.8 Å². The molecule has 0 saturated heterocycles. The minimum atomic E-state index is -3.75. The van der Waals surface area contributed by atoms with Crippen molar-refractivity contribution in [2.24, 2.45) is 5.92 Å². The van der Waals surface area contributed by atoms with Gasteiger partial charge in [0.15, 0.2) is 0 Å². The first-order valence-corrected chi connectivity index (χ1v) is 22.0. The van der Waals surface area contributed by atoms with Crippen LogP contribution in [0.3, 0.4) is 0 Å². The van der Waals surface area contributed by atoms with Crippen molar-refractivity contribution >= 4 is 55.0 Å². The van der Waals surface area contributed by atoms with Crippen LogP contribution >= 0.6 is 0 Å². The van der Waals surface area contributed by atoms with Gasteiger partial charge in [-0.15, -0.1) is 0 Å². The zero-order valence-corrected chi connectivity index (χ0v) is 35.3. The second-order valence-corrected chi connectivity index (χ2v) is 19.0. The zero-order valence-electron chi connectivity index (χ0n) is 33.6. The Balaban J connectivity index is 1.71. The number of benzene rings is 2. The summed E-state index contributed by atoms with van der Waals surface area (Å²) in [5.74, 6) is -5.87. The second kappa shape index (κ2) is 18.8. The fraction of sp³-hybridized carbons (Fsp3) is 0.359. The van der Waals surface area contributed by atoms with Crippen LogP contribution in [-0.4, -0.2) is 102 Å². The SMILES string of the molecule is CC(C)C[C@@H](NC(=O)c1cc(-c2cnc(S(C)(=O)=O)nc2)cc(-c2cnc(S(C)(=O)=O)nc2)c1)C(=O)N[C@@H](CCC(=O)OC(C)(C)C)C(=O)Nc1cc(F)ccc1C(=O)O. The molecule has 4 N–H and O–H groups in total. The lowest BCUT2D eigenvalue weighted by atomic mass is 9.97. The molecule has 0 radical (unpaired) electrons. The summed E-state index contributed by atoms with van der Waals surface area (Å²) in [7, 11) is -7.50. The lowest BCUT2D eigenvalue weighted by Gasteiger charge is -2.25. The van der Waals surface area contributed by atoms with Crippen molar-refractivity contribution in [3.63, 3.8) is 0 Å². The monoisotopic (exact) mass is 869 g/mol. The predicted molar refractivity (Wildman–Crippen MR) is 214 cm³/mol. The topological polar surface area (TPSA) is 271 Å². The fourth-order valence-electron chi connectivity index (χ4n) is 5.57. The van der Waals surface area contributed by atoms with Crippen molar-refractivity contribution in [1.82, 2.24) is 30.6 Å². The van der Waals surface area contributed by atoms with Crippen molar-refractivity contribution in [3.8, 4) is 22.3 Å². The summed E-state index contributed by atoms with van der Waals surface area (Å²) >= 11 is 0. The molecular weight excluding hydrogens is 826 g/mol. The highest BCUT2D eigenvalue weighted by Gasteiger charge is 2.30. The molecule has 0 bridgehead atoms. The highest BCUT2D eigenvalue weighted by molar-refractivity contribution is 7.90. The van der Waals surface area contributed by atoms with Gasteiger partial charge in [-0.3, -0.25) is 19.2 Å². The molecule has 21 heteroatoms. The number of halogens is 1. The first-order chi connectivity index (χ1) is 27.8. The summed E-state index contributed by atoms with van der Waals surface area (Å²) in [4.78, 5) is 81.9. The molecule has 2 aromatic carbocycles. The van der Waals surface area contributed by atoms with Crippen molar-refractivity contribution in [2.45, 2.75) is 81.9 Å². The van der Waals surface area contributed by atoms with Gasteiger partial charge in [-0.2, -0.15) is 0 Å². The number of aromatic nitrogens is 4. The van der Waals surface area contributed by atoms with Crippen LogP contribution in [0.1, 0.15) is 74.6 Å². The molecule has 0 aliphatic rings. The molecule has 0 fully saturated rings. The van der Waals surface area contributed by atoms with Crippen LogP contribution in [0, 0.1) is 11.7 Å². The molecule has 2 heterocycles. The number of aromatic carboxylic acids is 1. The summed E-state index contributed by atoms with van der Waals surface area (Å²) in [6.45, 7) is 8.45. The normalized spacial score (nSPS) is 12.9. The molecule has 60 heavy (non-hydrogen) atoms. The largest absolute Gasteiger partial charge is 0.478 e. The van der Waals surface area contributed by atoms with Gasteiger partial charge in [-0.05, 0) is 87.1 Å². The molecule has 0 unspecified atom stereocenters. The third kappa shape index (κ3) is 13.1. The molecule has 0 spiro atoms. The number of nitrogens with zero attached hydrogens (tertiary/aromatic N) is 4. The molecule has 0 saturated carbocycles. The molecular formula is C39H44FN7O11S2. The van der Waals surface area contributed by atoms with E-state index in [0.717, 1.165) is 30.7 Å². The summed E-state index contributed by atoms with van der Waals surface area (Å²) in [5.41, 5.74) is -0.561. The maximum absolute atomic E-state index is 14.2. The van der Waals surface area contributed by atoms with Crippen molar-refractivity contribution in [1.29, 1.82) is 0 Å². The first kappa shape index (κ1) is 46.5. The summed E-state index contributed by atoms with van der Waals surface area (Å²) in [6, 6.07) is 4.23. The van der Waals surface area contributed by atoms with Gasteiger partial charge in [-0.1, -0.05) is 13.8 Å². The van der Waals surface area contributed by atoms with E-state index in [0.29, 0.717) is 11.1 Å². The maximum Gasteiger partial charge on any atom is 0.337 e. The molecule has 4 aromatic rings. The molecule has 0 aliphatic heterocycles. The Morgan fingerprint density at radius 3 is 1.72 bits per heavy atom. The second-order valence-electron chi connectivity index (χ2n) is 15.2. The van der Waals surface area contributed by atoms with Gasteiger partial charge < -0.3 is 25.8 Å². The van der Waals surface area contributed by atoms with E-state index in [1.165, 1.54) is 36.9 Å². The van der Waals surface area contributed by atoms with E-state index in [1.54, 1.807) is 40.7 Å². The number of nitrogens with one attached hydrogen (secondary N) is 3. The molecule has 18 nitrogen and oxygen atoms in total. The number of anilines is 1. The number of carbonyl (C=O) groups excluding carboxylic acids is 4. The quantitative estimate of drug-likeness (QED) is 0.0925. The number of amides is 3. The van der Waals surface area contributed by atoms with E-state index in [-0.39, 0.29) is 41.9 Å². The Hall–Kier alpha value is -6.22. The maximum atomic E-state index is 14.2. The Bertz CT molecular complexity index is 2420. The van der Waals surface area contributed by atoms with Gasteiger partial charge in [0.25, 0.3) is 5.91 Å². The van der Waals surface area contributed by atoms with Gasteiger partial charge in [-0.25, -0.2) is 46.0 Å². The Morgan fingerprint density at radius 2 is 1.27 bits per heavy atom. The van der Waals surface area contributed by atoms with Crippen LogP contribution in [0.25, 0.3) is 22.3 Å². The molecule has 4 rings (SSSR count). The summed E-state index contributed by atoms with van der Waals surface area (Å²) in [5, 5.41) is 16.3. The van der Waals surface area contributed by atoms with Crippen molar-refractivity contribution in [3.05, 3.63) is 78.1 Å². The van der Waals surface area contributed by atoms with Crippen LogP contribution in [-0.2, 0) is 38.8 Å². The van der Waals surface area contributed by atoms with Gasteiger partial charge in [0, 0.05) is 60.4 Å². The van der Waals surface area contributed by atoms with E-state index >= 15 is 0 Å². The third-order valence-corrected chi connectivity index (χ3v) is 10.0. The predicted octanol–water partition coefficient (Wildman–Crippen LogP) is 3.63. The van der Waals surface area contributed by atoms with Gasteiger partial charge in [0.1, 0.15) is 23.5 Å². The van der Waals surface area contributed by atoms with Crippen LogP contribution < -0.4 is 16.0 Å². The van der Waals surface area contributed by atoms with E-state index < -0.39 is 94.4 Å². The van der Waals surface area contributed by atoms with E-state index in [9.17, 15) is 50.3 Å². The first-order valence-electron chi connectivity index (χ1n) is 18.2. The minimum absolute atomic E-state index is 0.0324. The van der Waals surface area contributed by atoms with Gasteiger partial charge in [0.05, 0.1) is 11.3 Å². The van der Waals surface area contributed by atoms with Crippen LogP contribution in [0.2, 0.25) is 0 Å². The highest BCUT2D eigenvalue weighted by Crippen LogP contribution is 2.28. The Kier molecular flexibility index (Phi) is 14.6. The number of ether oxygens (including phenoxy) is 1. The fourth-order valence-corrected chi connectivity index (χ4v) is 6.55. The highest BCUT2D eigenvalue weighted by atomic mass is 32.2. The number of carbonyl (C=O) groups is 5. The molecule has 3 amide bonds. The average Bonchev–Trinajstić information content (AvgIpc) is 3.14. The number of rotatable bonds is 16. The zero-order chi connectivity index (χ0) is 44.7. The van der Waals surface area contributed by atoms with Gasteiger partial charge >= 0.3 is 11.9 Å². The number of hydrogen-bond acceptors (Lipinski definition) is 14. The number of hydrogen-bond donors (Lipinski definition) is 4. The average molecular weight is 870 g/mol. The van der Waals surface area contributed by atoms with Crippen LogP contribution in [0.5, 0.6) is 0 Å². The van der Waals surface area contributed by atoms with E-state index in [4.69, 9.17) is 4.74 Å². The molecule has 320 valence electrons. The van der Waals surface area contributed by atoms with Crippen molar-refractivity contribution < 1.29 is 55.0 Å². The van der Waals surface area contributed by atoms with Crippen LogP contribution in [0.4, 0.5) is 10.1 Å². The summed E-state index contributed by atoms with van der Waals surface area (Å²) < 4.78 is 67.5. The van der Waals surface area contributed by atoms with Crippen LogP contribution in [0.15, 0.2) is 71.5 Å². The molecule has 0 aliphatic carbocycles. The number of esters is 1. The lowest BCUT2D eigenvalue weighted by molar-refractivity contribution is -0.155. The smallest absolute Gasteiger partial charge is 0.337 e. The Morgan fingerprint density at radius 1 is 0.750 bits per heavy atom. The number of sulfone groups is 2.